The van der Waals surface area contributed by atoms with E-state index in [1.54, 1.807) is 0 Å². The fourth-order valence-electron chi connectivity index (χ4n) is 6.34. The van der Waals surface area contributed by atoms with Crippen LogP contribution in [0.15, 0.2) is 60.7 Å². The Morgan fingerprint density at radius 2 is 1.11 bits per heavy atom. The van der Waals surface area contributed by atoms with Crippen molar-refractivity contribution in [1.82, 2.24) is 45.7 Å². The number of imidazole rings is 2. The first-order valence-corrected chi connectivity index (χ1v) is 16.4. The van der Waals surface area contributed by atoms with Gasteiger partial charge in [0.05, 0.1) is 22.1 Å². The molecule has 0 saturated carbocycles. The van der Waals surface area contributed by atoms with Crippen molar-refractivity contribution in [1.29, 1.82) is 0 Å². The number of aromatic amines is 2. The van der Waals surface area contributed by atoms with E-state index in [2.05, 4.69) is 35.7 Å². The lowest BCUT2D eigenvalue weighted by Gasteiger charge is -2.27. The van der Waals surface area contributed by atoms with Gasteiger partial charge in [0.15, 0.2) is 0 Å². The number of aromatic nitrogens is 4. The van der Waals surface area contributed by atoms with Gasteiger partial charge in [-0.1, -0.05) is 30.7 Å². The number of likely N-dealkylation sites (tertiary alicyclic amines) is 1. The minimum atomic E-state index is -0.0796. The predicted octanol–water partition coefficient (Wildman–Crippen LogP) is 4.05. The highest BCUT2D eigenvalue weighted by Crippen LogP contribution is 2.26. The van der Waals surface area contributed by atoms with Crippen LogP contribution in [0.5, 0.6) is 0 Å². The second-order valence-corrected chi connectivity index (χ2v) is 12.2. The molecule has 5 aromatic rings. The Morgan fingerprint density at radius 1 is 0.638 bits per heavy atom. The normalized spacial score (nSPS) is 15.8. The number of piperazine rings is 1. The second-order valence-electron chi connectivity index (χ2n) is 12.2. The number of H-pyrrole nitrogens is 2. The number of nitrogens with one attached hydrogen (secondary N) is 5. The van der Waals surface area contributed by atoms with Gasteiger partial charge in [0, 0.05) is 74.6 Å². The van der Waals surface area contributed by atoms with Crippen LogP contribution in [-0.2, 0) is 0 Å². The van der Waals surface area contributed by atoms with Gasteiger partial charge in [-0.2, -0.15) is 0 Å². The number of rotatable bonds is 10. The highest BCUT2D eigenvalue weighted by atomic mass is 35.5. The largest absolute Gasteiger partial charge is 0.351 e. The number of hydrogen-bond donors (Lipinski definition) is 5. The average Bonchev–Trinajstić information content (AvgIpc) is 3.73. The molecular weight excluding hydrogens is 614 g/mol. The molecule has 0 bridgehead atoms. The van der Waals surface area contributed by atoms with E-state index >= 15 is 0 Å². The summed E-state index contributed by atoms with van der Waals surface area (Å²) in [6.07, 6.45) is 3.80. The Labute approximate surface area is 280 Å². The van der Waals surface area contributed by atoms with Crippen molar-refractivity contribution in [2.45, 2.75) is 19.3 Å². The van der Waals surface area contributed by atoms with Gasteiger partial charge in [0.25, 0.3) is 11.8 Å². The molecule has 0 atom stereocenters. The number of amides is 2. The zero-order valence-electron chi connectivity index (χ0n) is 26.5. The number of nitrogens with zero attached hydrogens (tertiary/aromatic N) is 4. The Hall–Kier alpha value is -4.29. The zero-order valence-corrected chi connectivity index (χ0v) is 27.3. The van der Waals surface area contributed by atoms with Crippen LogP contribution in [0.3, 0.4) is 0 Å². The number of hydrogen-bond acceptors (Lipinski definition) is 7. The molecule has 12 heteroatoms. The van der Waals surface area contributed by atoms with E-state index < -0.39 is 0 Å². The zero-order chi connectivity index (χ0) is 31.3. The summed E-state index contributed by atoms with van der Waals surface area (Å²) in [7, 11) is 0. The molecule has 2 saturated heterocycles. The van der Waals surface area contributed by atoms with E-state index in [0.29, 0.717) is 24.2 Å². The summed E-state index contributed by atoms with van der Waals surface area (Å²) in [5.74, 6) is 1.33. The van der Waals surface area contributed by atoms with Gasteiger partial charge in [0.1, 0.15) is 11.6 Å². The molecule has 4 heterocycles. The van der Waals surface area contributed by atoms with Crippen molar-refractivity contribution in [2.24, 2.45) is 0 Å². The third-order valence-electron chi connectivity index (χ3n) is 9.01. The molecule has 2 aromatic heterocycles. The van der Waals surface area contributed by atoms with Gasteiger partial charge >= 0.3 is 0 Å². The first kappa shape index (κ1) is 32.6. The standard InChI is InChI=1S/C35H41N9O2.ClH/c45-34(37-14-20-43-16-2-1-3-17-43)26-8-10-28-30(22-26)41-32(39-28)24-4-6-25(7-5-24)33-40-29-11-9-27(23-31(29)42-33)35(46)38-15-21-44-18-12-36-13-19-44;/h4-11,22-23,36H,1-3,12-21H2,(H,37,45)(H,38,46)(H,39,41)(H,40,42);1H. The van der Waals surface area contributed by atoms with Gasteiger partial charge in [-0.05, 0) is 62.3 Å². The van der Waals surface area contributed by atoms with Crippen LogP contribution < -0.4 is 16.0 Å². The highest BCUT2D eigenvalue weighted by Gasteiger charge is 2.15. The van der Waals surface area contributed by atoms with Gasteiger partial charge in [0.2, 0.25) is 0 Å². The summed E-state index contributed by atoms with van der Waals surface area (Å²) < 4.78 is 0. The fraction of sp³-hybridized carbons (Fsp3) is 0.371. The van der Waals surface area contributed by atoms with Crippen LogP contribution in [-0.4, -0.2) is 107 Å². The molecule has 0 spiro atoms. The molecule has 246 valence electrons. The molecule has 11 nitrogen and oxygen atoms in total. The minimum Gasteiger partial charge on any atom is -0.351 e. The van der Waals surface area contributed by atoms with Crippen LogP contribution in [0.25, 0.3) is 44.8 Å². The number of carbonyl (C=O) groups excluding carboxylic acids is 2. The maximum atomic E-state index is 12.8. The van der Waals surface area contributed by atoms with Crippen LogP contribution in [0, 0.1) is 0 Å². The lowest BCUT2D eigenvalue weighted by Crippen LogP contribution is -2.46. The van der Waals surface area contributed by atoms with Crippen molar-refractivity contribution in [3.63, 3.8) is 0 Å². The van der Waals surface area contributed by atoms with E-state index in [-0.39, 0.29) is 24.2 Å². The maximum absolute atomic E-state index is 12.8. The fourth-order valence-corrected chi connectivity index (χ4v) is 6.34. The Kier molecular flexibility index (Phi) is 10.5. The van der Waals surface area contributed by atoms with Crippen molar-refractivity contribution in [3.05, 3.63) is 71.8 Å². The average molecular weight is 656 g/mol. The molecule has 3 aromatic carbocycles. The van der Waals surface area contributed by atoms with E-state index in [0.717, 1.165) is 97.2 Å². The van der Waals surface area contributed by atoms with Gasteiger partial charge in [-0.15, -0.1) is 12.4 Å². The first-order chi connectivity index (χ1) is 22.6. The lowest BCUT2D eigenvalue weighted by molar-refractivity contribution is 0.0939. The molecule has 2 aliphatic rings. The summed E-state index contributed by atoms with van der Waals surface area (Å²) in [4.78, 5) is 46.6. The summed E-state index contributed by atoms with van der Waals surface area (Å²) >= 11 is 0. The van der Waals surface area contributed by atoms with Crippen molar-refractivity contribution < 1.29 is 9.59 Å². The Morgan fingerprint density at radius 3 is 1.60 bits per heavy atom. The molecule has 2 amide bonds. The minimum absolute atomic E-state index is 0. The van der Waals surface area contributed by atoms with Crippen molar-refractivity contribution >= 4 is 46.3 Å². The molecule has 7 rings (SSSR count). The molecule has 2 aliphatic heterocycles. The van der Waals surface area contributed by atoms with E-state index in [1.807, 2.05) is 60.7 Å². The Bertz CT molecular complexity index is 1690. The monoisotopic (exact) mass is 655 g/mol. The maximum Gasteiger partial charge on any atom is 0.251 e. The Balaban J connectivity index is 0.00000386. The SMILES string of the molecule is Cl.O=C(NCCN1CCCCC1)c1ccc2nc(-c3ccc(-c4nc5ccc(C(=O)NCCN6CCNCC6)cc5[nH]4)cc3)[nH]c2c1. The van der Waals surface area contributed by atoms with E-state index in [1.165, 1.54) is 19.3 Å². The van der Waals surface area contributed by atoms with Gasteiger partial charge in [-0.25, -0.2) is 9.97 Å². The third-order valence-corrected chi connectivity index (χ3v) is 9.01. The summed E-state index contributed by atoms with van der Waals surface area (Å²) in [6, 6.07) is 19.2. The smallest absolute Gasteiger partial charge is 0.251 e. The van der Waals surface area contributed by atoms with Crippen molar-refractivity contribution in [3.8, 4) is 22.8 Å². The van der Waals surface area contributed by atoms with Crippen LogP contribution in [0.4, 0.5) is 0 Å². The summed E-state index contributed by atoms with van der Waals surface area (Å²) in [6.45, 7) is 9.28. The highest BCUT2D eigenvalue weighted by molar-refractivity contribution is 5.98. The quantitative estimate of drug-likeness (QED) is 0.153. The predicted molar refractivity (Wildman–Crippen MR) is 188 cm³/mol. The topological polar surface area (TPSA) is 134 Å². The number of halogens is 1. The van der Waals surface area contributed by atoms with E-state index in [4.69, 9.17) is 9.97 Å². The van der Waals surface area contributed by atoms with E-state index in [9.17, 15) is 9.59 Å². The molecule has 47 heavy (non-hydrogen) atoms. The van der Waals surface area contributed by atoms with Crippen LogP contribution >= 0.6 is 12.4 Å². The molecule has 2 fully saturated rings. The molecule has 0 radical (unpaired) electrons. The number of fused-ring (bicyclic) bond motifs is 2. The number of carbonyl (C=O) groups is 2. The third kappa shape index (κ3) is 7.82. The van der Waals surface area contributed by atoms with Crippen molar-refractivity contribution in [2.75, 3.05) is 65.4 Å². The second kappa shape index (κ2) is 15.1. The lowest BCUT2D eigenvalue weighted by atomic mass is 10.1. The summed E-state index contributed by atoms with van der Waals surface area (Å²) in [5.41, 5.74) is 6.36. The number of piperidine rings is 1. The molecule has 0 aliphatic carbocycles. The number of benzene rings is 3. The molecule has 5 N–H and O–H groups in total. The van der Waals surface area contributed by atoms with Gasteiger partial charge in [-0.3, -0.25) is 14.5 Å². The molecule has 0 unspecified atom stereocenters. The summed E-state index contributed by atoms with van der Waals surface area (Å²) in [5, 5.41) is 9.45. The molecular formula is C35H42ClN9O2. The van der Waals surface area contributed by atoms with Gasteiger partial charge < -0.3 is 30.8 Å². The van der Waals surface area contributed by atoms with Crippen LogP contribution in [0.2, 0.25) is 0 Å². The first-order valence-electron chi connectivity index (χ1n) is 16.4. The van der Waals surface area contributed by atoms with Crippen LogP contribution in [0.1, 0.15) is 40.0 Å².